The summed E-state index contributed by atoms with van der Waals surface area (Å²) in [5.74, 6) is -0.455. The molecule has 1 fully saturated rings. The maximum atomic E-state index is 13.4. The standard InChI is InChI=1S/C23H21ClFN5O2/c24-18-10-16(6-7-20(18)30-8-2-5-22(30)31)29-21-11-19(17(13-28-21)23(26)32)27-12-14-3-1-4-15(25)9-14/h1,3-4,6-7,9-11,13H,2,5,8,12H2,(H2,26,32)(H2,27,28,29). The lowest BCUT2D eigenvalue weighted by molar-refractivity contribution is -0.117. The van der Waals surface area contributed by atoms with Crippen LogP contribution in [0.25, 0.3) is 0 Å². The molecule has 1 aliphatic rings. The average Bonchev–Trinajstić information content (AvgIpc) is 3.18. The Labute approximate surface area is 189 Å². The molecule has 0 saturated carbocycles. The molecule has 2 aromatic carbocycles. The molecule has 0 atom stereocenters. The highest BCUT2D eigenvalue weighted by Gasteiger charge is 2.23. The van der Waals surface area contributed by atoms with E-state index < -0.39 is 5.91 Å². The molecule has 164 valence electrons. The summed E-state index contributed by atoms with van der Waals surface area (Å²) in [7, 11) is 0. The average molecular weight is 454 g/mol. The molecule has 1 saturated heterocycles. The van der Waals surface area contributed by atoms with Gasteiger partial charge in [0.05, 0.1) is 22.0 Å². The fourth-order valence-corrected chi connectivity index (χ4v) is 3.85. The summed E-state index contributed by atoms with van der Waals surface area (Å²) in [6, 6.07) is 13.1. The van der Waals surface area contributed by atoms with E-state index >= 15 is 0 Å². The number of benzene rings is 2. The molecule has 4 N–H and O–H groups in total. The predicted octanol–water partition coefficient (Wildman–Crippen LogP) is 4.46. The highest BCUT2D eigenvalue weighted by atomic mass is 35.5. The number of hydrogen-bond acceptors (Lipinski definition) is 5. The molecule has 1 aliphatic heterocycles. The largest absolute Gasteiger partial charge is 0.380 e. The number of aromatic nitrogens is 1. The Bertz CT molecular complexity index is 1190. The maximum absolute atomic E-state index is 13.4. The smallest absolute Gasteiger partial charge is 0.252 e. The first-order chi connectivity index (χ1) is 15.4. The van der Waals surface area contributed by atoms with Crippen molar-refractivity contribution < 1.29 is 14.0 Å². The van der Waals surface area contributed by atoms with Crippen molar-refractivity contribution in [1.82, 2.24) is 4.98 Å². The molecule has 4 rings (SSSR count). The zero-order valence-electron chi connectivity index (χ0n) is 17.1. The topological polar surface area (TPSA) is 100 Å². The van der Waals surface area contributed by atoms with E-state index in [1.54, 1.807) is 41.3 Å². The lowest BCUT2D eigenvalue weighted by Crippen LogP contribution is -2.23. The van der Waals surface area contributed by atoms with Crippen LogP contribution >= 0.6 is 11.6 Å². The van der Waals surface area contributed by atoms with Crippen molar-refractivity contribution in [3.63, 3.8) is 0 Å². The maximum Gasteiger partial charge on any atom is 0.252 e. The first-order valence-electron chi connectivity index (χ1n) is 10.1. The van der Waals surface area contributed by atoms with E-state index in [0.717, 1.165) is 6.42 Å². The number of carbonyl (C=O) groups excluding carboxylic acids is 2. The number of nitrogens with two attached hydrogens (primary N) is 1. The minimum absolute atomic E-state index is 0.0605. The van der Waals surface area contributed by atoms with Gasteiger partial charge in [-0.3, -0.25) is 9.59 Å². The molecule has 2 amide bonds. The third-order valence-electron chi connectivity index (χ3n) is 5.13. The van der Waals surface area contributed by atoms with Crippen molar-refractivity contribution in [3.8, 4) is 0 Å². The summed E-state index contributed by atoms with van der Waals surface area (Å²) < 4.78 is 13.4. The molecule has 9 heteroatoms. The Hall–Kier alpha value is -3.65. The monoisotopic (exact) mass is 453 g/mol. The fraction of sp³-hybridized carbons (Fsp3) is 0.174. The SMILES string of the molecule is NC(=O)c1cnc(Nc2ccc(N3CCCC3=O)c(Cl)c2)cc1NCc1cccc(F)c1. The van der Waals surface area contributed by atoms with E-state index in [2.05, 4.69) is 15.6 Å². The molecular formula is C23H21ClFN5O2. The number of primary amides is 1. The minimum Gasteiger partial charge on any atom is -0.380 e. The molecule has 0 unspecified atom stereocenters. The van der Waals surface area contributed by atoms with Crippen LogP contribution in [-0.2, 0) is 11.3 Å². The summed E-state index contributed by atoms with van der Waals surface area (Å²) >= 11 is 6.41. The van der Waals surface area contributed by atoms with E-state index in [9.17, 15) is 14.0 Å². The van der Waals surface area contributed by atoms with Crippen LogP contribution in [-0.4, -0.2) is 23.3 Å². The van der Waals surface area contributed by atoms with Crippen LogP contribution in [0.1, 0.15) is 28.8 Å². The molecule has 7 nitrogen and oxygen atoms in total. The van der Waals surface area contributed by atoms with Crippen molar-refractivity contribution in [1.29, 1.82) is 0 Å². The Morgan fingerprint density at radius 3 is 2.75 bits per heavy atom. The molecule has 2 heterocycles. The van der Waals surface area contributed by atoms with Crippen LogP contribution in [0.5, 0.6) is 0 Å². The fourth-order valence-electron chi connectivity index (χ4n) is 3.56. The van der Waals surface area contributed by atoms with Gasteiger partial charge in [-0.15, -0.1) is 0 Å². The number of carbonyl (C=O) groups is 2. The predicted molar refractivity (Wildman–Crippen MR) is 123 cm³/mol. The molecule has 3 aromatic rings. The lowest BCUT2D eigenvalue weighted by atomic mass is 10.2. The summed E-state index contributed by atoms with van der Waals surface area (Å²) in [4.78, 5) is 29.7. The molecule has 32 heavy (non-hydrogen) atoms. The lowest BCUT2D eigenvalue weighted by Gasteiger charge is -2.18. The summed E-state index contributed by atoms with van der Waals surface area (Å²) in [6.07, 6.45) is 2.71. The Morgan fingerprint density at radius 1 is 1.22 bits per heavy atom. The van der Waals surface area contributed by atoms with Gasteiger partial charge in [-0.25, -0.2) is 9.37 Å². The Morgan fingerprint density at radius 2 is 2.06 bits per heavy atom. The number of rotatable bonds is 7. The Balaban J connectivity index is 1.53. The van der Waals surface area contributed by atoms with Crippen LogP contribution < -0.4 is 21.3 Å². The van der Waals surface area contributed by atoms with Gasteiger partial charge in [0, 0.05) is 37.5 Å². The van der Waals surface area contributed by atoms with Gasteiger partial charge in [0.2, 0.25) is 5.91 Å². The molecule has 1 aromatic heterocycles. The third-order valence-corrected chi connectivity index (χ3v) is 5.43. The second-order valence-corrected chi connectivity index (χ2v) is 7.81. The van der Waals surface area contributed by atoms with Gasteiger partial charge >= 0.3 is 0 Å². The van der Waals surface area contributed by atoms with E-state index in [1.165, 1.54) is 18.3 Å². The van der Waals surface area contributed by atoms with Crippen LogP contribution in [0.2, 0.25) is 5.02 Å². The van der Waals surface area contributed by atoms with Crippen LogP contribution in [0.15, 0.2) is 54.7 Å². The quantitative estimate of drug-likeness (QED) is 0.490. The van der Waals surface area contributed by atoms with Gasteiger partial charge in [0.25, 0.3) is 5.91 Å². The zero-order chi connectivity index (χ0) is 22.7. The van der Waals surface area contributed by atoms with Gasteiger partial charge in [-0.2, -0.15) is 0 Å². The number of anilines is 4. The number of nitrogens with zero attached hydrogens (tertiary/aromatic N) is 2. The van der Waals surface area contributed by atoms with Gasteiger partial charge in [-0.05, 0) is 42.3 Å². The second-order valence-electron chi connectivity index (χ2n) is 7.40. The number of halogens is 2. The molecule has 0 aliphatic carbocycles. The molecule has 0 bridgehead atoms. The van der Waals surface area contributed by atoms with Crippen molar-refractivity contribution in [2.75, 3.05) is 22.1 Å². The zero-order valence-corrected chi connectivity index (χ0v) is 17.8. The molecular weight excluding hydrogens is 433 g/mol. The van der Waals surface area contributed by atoms with Crippen molar-refractivity contribution in [2.24, 2.45) is 5.73 Å². The number of hydrogen-bond donors (Lipinski definition) is 3. The normalized spacial score (nSPS) is 13.3. The molecule has 0 radical (unpaired) electrons. The number of pyridine rings is 1. The molecule has 0 spiro atoms. The first-order valence-corrected chi connectivity index (χ1v) is 10.4. The van der Waals surface area contributed by atoms with Gasteiger partial charge in [0.1, 0.15) is 11.6 Å². The number of nitrogens with one attached hydrogen (secondary N) is 2. The van der Waals surface area contributed by atoms with Crippen LogP contribution in [0.3, 0.4) is 0 Å². The van der Waals surface area contributed by atoms with E-state index in [0.29, 0.717) is 53.0 Å². The van der Waals surface area contributed by atoms with Crippen molar-refractivity contribution in [2.45, 2.75) is 19.4 Å². The van der Waals surface area contributed by atoms with Crippen LogP contribution in [0, 0.1) is 5.82 Å². The van der Waals surface area contributed by atoms with Gasteiger partial charge < -0.3 is 21.3 Å². The van der Waals surface area contributed by atoms with E-state index in [4.69, 9.17) is 17.3 Å². The highest BCUT2D eigenvalue weighted by molar-refractivity contribution is 6.34. The summed E-state index contributed by atoms with van der Waals surface area (Å²) in [5, 5.41) is 6.69. The summed E-state index contributed by atoms with van der Waals surface area (Å²) in [5.41, 5.74) is 8.20. The minimum atomic E-state index is -0.631. The van der Waals surface area contributed by atoms with Gasteiger partial charge in [-0.1, -0.05) is 23.7 Å². The van der Waals surface area contributed by atoms with Crippen molar-refractivity contribution >= 4 is 46.3 Å². The first kappa shape index (κ1) is 21.6. The van der Waals surface area contributed by atoms with Gasteiger partial charge in [0.15, 0.2) is 0 Å². The van der Waals surface area contributed by atoms with Crippen LogP contribution in [0.4, 0.5) is 27.3 Å². The Kier molecular flexibility index (Phi) is 6.23. The van der Waals surface area contributed by atoms with Crippen molar-refractivity contribution in [3.05, 3.63) is 76.7 Å². The number of amides is 2. The third kappa shape index (κ3) is 4.81. The summed E-state index contributed by atoms with van der Waals surface area (Å²) in [6.45, 7) is 0.952. The highest BCUT2D eigenvalue weighted by Crippen LogP contribution is 2.33. The second kappa shape index (κ2) is 9.23. The van der Waals surface area contributed by atoms with E-state index in [-0.39, 0.29) is 17.3 Å². The van der Waals surface area contributed by atoms with E-state index in [1.807, 2.05) is 0 Å².